The number of nitrogens with one attached hydrogen (secondary N) is 1. The lowest BCUT2D eigenvalue weighted by Crippen LogP contribution is -2.14. The highest BCUT2D eigenvalue weighted by Crippen LogP contribution is 2.27. The molecule has 1 amide bonds. The van der Waals surface area contributed by atoms with Crippen molar-refractivity contribution in [1.29, 1.82) is 0 Å². The van der Waals surface area contributed by atoms with Crippen molar-refractivity contribution in [2.45, 2.75) is 13.5 Å². The molecule has 0 unspecified atom stereocenters. The molecule has 0 aliphatic carbocycles. The first-order valence-electron chi connectivity index (χ1n) is 9.42. The first-order valence-corrected chi connectivity index (χ1v) is 9.42. The highest BCUT2D eigenvalue weighted by atomic mass is 16.6. The SMILES string of the molecule is COc1cccc(OCc2cc(C(=O)Nc3cccc([N+](=O)[O-])c3C)ccc2OC)c1. The summed E-state index contributed by atoms with van der Waals surface area (Å²) in [7, 11) is 3.11. The van der Waals surface area contributed by atoms with Crippen molar-refractivity contribution in [2.75, 3.05) is 19.5 Å². The van der Waals surface area contributed by atoms with Gasteiger partial charge in [-0.2, -0.15) is 0 Å². The van der Waals surface area contributed by atoms with E-state index in [1.54, 1.807) is 50.4 Å². The van der Waals surface area contributed by atoms with E-state index in [1.165, 1.54) is 19.2 Å². The maximum Gasteiger partial charge on any atom is 0.274 e. The lowest BCUT2D eigenvalue weighted by molar-refractivity contribution is -0.385. The standard InChI is InChI=1S/C23H22N2O6/c1-15-20(8-5-9-21(15)25(27)28)24-23(26)16-10-11-22(30-3)17(12-16)14-31-19-7-4-6-18(13-19)29-2/h4-13H,14H2,1-3H3,(H,24,26). The Hall–Kier alpha value is -4.07. The monoisotopic (exact) mass is 422 g/mol. The fraction of sp³-hybridized carbons (Fsp3) is 0.174. The molecule has 8 nitrogen and oxygen atoms in total. The van der Waals surface area contributed by atoms with Gasteiger partial charge in [-0.15, -0.1) is 0 Å². The molecule has 0 heterocycles. The van der Waals surface area contributed by atoms with Gasteiger partial charge in [-0.1, -0.05) is 12.1 Å². The van der Waals surface area contributed by atoms with E-state index < -0.39 is 10.8 Å². The van der Waals surface area contributed by atoms with Crippen molar-refractivity contribution in [3.8, 4) is 17.2 Å². The van der Waals surface area contributed by atoms with Crippen LogP contribution in [0.5, 0.6) is 17.2 Å². The van der Waals surface area contributed by atoms with Crippen LogP contribution in [0.2, 0.25) is 0 Å². The number of hydrogen-bond donors (Lipinski definition) is 1. The molecule has 8 heteroatoms. The highest BCUT2D eigenvalue weighted by molar-refractivity contribution is 6.05. The molecule has 0 fully saturated rings. The Morgan fingerprint density at radius 2 is 1.74 bits per heavy atom. The van der Waals surface area contributed by atoms with Crippen LogP contribution in [0.4, 0.5) is 11.4 Å². The smallest absolute Gasteiger partial charge is 0.274 e. The molecule has 0 aliphatic rings. The summed E-state index contributed by atoms with van der Waals surface area (Å²) in [6, 6.07) is 16.7. The second kappa shape index (κ2) is 9.62. The quantitative estimate of drug-likeness (QED) is 0.415. The lowest BCUT2D eigenvalue weighted by Gasteiger charge is -2.13. The van der Waals surface area contributed by atoms with Crippen LogP contribution in [0, 0.1) is 17.0 Å². The van der Waals surface area contributed by atoms with Crippen molar-refractivity contribution < 1.29 is 23.9 Å². The Labute approximate surface area is 179 Å². The molecule has 1 N–H and O–H groups in total. The zero-order valence-corrected chi connectivity index (χ0v) is 17.4. The number of rotatable bonds is 8. The average molecular weight is 422 g/mol. The van der Waals surface area contributed by atoms with Crippen molar-refractivity contribution in [2.24, 2.45) is 0 Å². The maximum atomic E-state index is 12.8. The molecule has 3 aromatic carbocycles. The highest BCUT2D eigenvalue weighted by Gasteiger charge is 2.17. The van der Waals surface area contributed by atoms with Gasteiger partial charge >= 0.3 is 0 Å². The normalized spacial score (nSPS) is 10.3. The Kier molecular flexibility index (Phi) is 6.71. The van der Waals surface area contributed by atoms with Gasteiger partial charge in [0.15, 0.2) is 0 Å². The number of nitro groups is 1. The molecule has 31 heavy (non-hydrogen) atoms. The van der Waals surface area contributed by atoms with Gasteiger partial charge in [0, 0.05) is 23.3 Å². The second-order valence-electron chi connectivity index (χ2n) is 6.66. The van der Waals surface area contributed by atoms with Gasteiger partial charge in [-0.3, -0.25) is 14.9 Å². The summed E-state index contributed by atoms with van der Waals surface area (Å²) >= 11 is 0. The van der Waals surface area contributed by atoms with Crippen molar-refractivity contribution >= 4 is 17.3 Å². The van der Waals surface area contributed by atoms with Crippen LogP contribution in [-0.2, 0) is 6.61 Å². The zero-order valence-electron chi connectivity index (χ0n) is 17.4. The number of nitrogens with zero attached hydrogens (tertiary/aromatic N) is 1. The van der Waals surface area contributed by atoms with Gasteiger partial charge in [0.1, 0.15) is 23.9 Å². The van der Waals surface area contributed by atoms with Gasteiger partial charge in [0.05, 0.1) is 30.4 Å². The molecule has 3 aromatic rings. The van der Waals surface area contributed by atoms with Crippen LogP contribution in [-0.4, -0.2) is 25.1 Å². The largest absolute Gasteiger partial charge is 0.497 e. The summed E-state index contributed by atoms with van der Waals surface area (Å²) in [6.07, 6.45) is 0. The summed E-state index contributed by atoms with van der Waals surface area (Å²) in [5.74, 6) is 1.47. The molecular formula is C23H22N2O6. The third kappa shape index (κ3) is 5.11. The molecule has 0 radical (unpaired) electrons. The third-order valence-electron chi connectivity index (χ3n) is 4.73. The van der Waals surface area contributed by atoms with E-state index in [0.29, 0.717) is 39.6 Å². The summed E-state index contributed by atoms with van der Waals surface area (Å²) in [4.78, 5) is 23.4. The Morgan fingerprint density at radius 1 is 1.00 bits per heavy atom. The Morgan fingerprint density at radius 3 is 2.45 bits per heavy atom. The predicted molar refractivity (Wildman–Crippen MR) is 116 cm³/mol. The van der Waals surface area contributed by atoms with Gasteiger partial charge in [0.2, 0.25) is 0 Å². The summed E-state index contributed by atoms with van der Waals surface area (Å²) < 4.78 is 16.4. The molecule has 0 saturated heterocycles. The number of methoxy groups -OCH3 is 2. The van der Waals surface area contributed by atoms with E-state index in [2.05, 4.69) is 5.32 Å². The van der Waals surface area contributed by atoms with E-state index in [-0.39, 0.29) is 12.3 Å². The van der Waals surface area contributed by atoms with Crippen molar-refractivity contribution in [1.82, 2.24) is 0 Å². The zero-order chi connectivity index (χ0) is 22.4. The molecule has 0 aliphatic heterocycles. The number of nitro benzene ring substituents is 1. The van der Waals surface area contributed by atoms with E-state index in [0.717, 1.165) is 0 Å². The Balaban J connectivity index is 1.80. The minimum atomic E-state index is -0.480. The maximum absolute atomic E-state index is 12.8. The van der Waals surface area contributed by atoms with Crippen molar-refractivity contribution in [3.05, 3.63) is 87.5 Å². The Bertz CT molecular complexity index is 1110. The molecule has 0 bridgehead atoms. The van der Waals surface area contributed by atoms with Crippen LogP contribution in [0.25, 0.3) is 0 Å². The van der Waals surface area contributed by atoms with Gasteiger partial charge in [-0.05, 0) is 43.3 Å². The first-order chi connectivity index (χ1) is 14.9. The minimum absolute atomic E-state index is 0.0556. The first kappa shape index (κ1) is 21.6. The van der Waals surface area contributed by atoms with E-state index in [9.17, 15) is 14.9 Å². The van der Waals surface area contributed by atoms with E-state index in [4.69, 9.17) is 14.2 Å². The van der Waals surface area contributed by atoms with Crippen LogP contribution in [0.15, 0.2) is 60.7 Å². The molecule has 0 aromatic heterocycles. The lowest BCUT2D eigenvalue weighted by atomic mass is 10.1. The number of carbonyl (C=O) groups excluding carboxylic acids is 1. The number of hydrogen-bond acceptors (Lipinski definition) is 6. The fourth-order valence-corrected chi connectivity index (χ4v) is 3.04. The van der Waals surface area contributed by atoms with Crippen LogP contribution in [0.1, 0.15) is 21.5 Å². The predicted octanol–water partition coefficient (Wildman–Crippen LogP) is 4.75. The van der Waals surface area contributed by atoms with Crippen LogP contribution < -0.4 is 19.5 Å². The van der Waals surface area contributed by atoms with Gasteiger partial charge in [-0.25, -0.2) is 0 Å². The molecule has 160 valence electrons. The second-order valence-corrected chi connectivity index (χ2v) is 6.66. The number of ether oxygens (including phenoxy) is 3. The molecule has 0 saturated carbocycles. The van der Waals surface area contributed by atoms with Crippen LogP contribution >= 0.6 is 0 Å². The third-order valence-corrected chi connectivity index (χ3v) is 4.73. The van der Waals surface area contributed by atoms with E-state index >= 15 is 0 Å². The molecule has 0 atom stereocenters. The molecular weight excluding hydrogens is 400 g/mol. The molecule has 0 spiro atoms. The van der Waals surface area contributed by atoms with Crippen molar-refractivity contribution in [3.63, 3.8) is 0 Å². The molecule has 3 rings (SSSR count). The number of carbonyl (C=O) groups is 1. The van der Waals surface area contributed by atoms with Crippen LogP contribution in [0.3, 0.4) is 0 Å². The van der Waals surface area contributed by atoms with Gasteiger partial charge < -0.3 is 19.5 Å². The van der Waals surface area contributed by atoms with E-state index in [1.807, 2.05) is 12.1 Å². The average Bonchev–Trinajstić information content (AvgIpc) is 2.78. The number of anilines is 1. The number of amides is 1. The number of benzene rings is 3. The summed E-state index contributed by atoms with van der Waals surface area (Å²) in [5, 5.41) is 13.9. The minimum Gasteiger partial charge on any atom is -0.497 e. The summed E-state index contributed by atoms with van der Waals surface area (Å²) in [5.41, 5.74) is 1.75. The summed E-state index contributed by atoms with van der Waals surface area (Å²) in [6.45, 7) is 1.77. The fourth-order valence-electron chi connectivity index (χ4n) is 3.04. The topological polar surface area (TPSA) is 99.9 Å². The van der Waals surface area contributed by atoms with Gasteiger partial charge in [0.25, 0.3) is 11.6 Å².